The van der Waals surface area contributed by atoms with Gasteiger partial charge in [0.05, 0.1) is 22.2 Å². The molecule has 0 atom stereocenters. The highest BCUT2D eigenvalue weighted by atomic mass is 16.6. The van der Waals surface area contributed by atoms with Gasteiger partial charge in [0.2, 0.25) is 0 Å². The molecule has 0 fully saturated rings. The van der Waals surface area contributed by atoms with Crippen LogP contribution in [0.1, 0.15) is 13.8 Å². The molecular weight excluding hydrogens is 216 g/mol. The SMILES string of the molecule is CCN/C=C(/C(=C/NCC)[N+](=O)[O-])[N+](=O)[O-]. The fourth-order valence-corrected chi connectivity index (χ4v) is 0.838. The highest BCUT2D eigenvalue weighted by Crippen LogP contribution is 2.09. The van der Waals surface area contributed by atoms with Crippen LogP contribution in [0, 0.1) is 20.2 Å². The van der Waals surface area contributed by atoms with Crippen LogP contribution < -0.4 is 10.6 Å². The minimum Gasteiger partial charge on any atom is -0.385 e. The molecule has 0 amide bonds. The van der Waals surface area contributed by atoms with Gasteiger partial charge in [-0.1, -0.05) is 0 Å². The first-order chi connectivity index (χ1) is 7.54. The van der Waals surface area contributed by atoms with Gasteiger partial charge in [-0.15, -0.1) is 0 Å². The van der Waals surface area contributed by atoms with E-state index >= 15 is 0 Å². The van der Waals surface area contributed by atoms with Gasteiger partial charge in [0.1, 0.15) is 0 Å². The Morgan fingerprint density at radius 1 is 1.00 bits per heavy atom. The quantitative estimate of drug-likeness (QED) is 0.373. The van der Waals surface area contributed by atoms with Crippen molar-refractivity contribution >= 4 is 0 Å². The second-order valence-corrected chi connectivity index (χ2v) is 2.69. The first-order valence-corrected chi connectivity index (χ1v) is 4.70. The maximum Gasteiger partial charge on any atom is 0.363 e. The van der Waals surface area contributed by atoms with Crippen molar-refractivity contribution in [2.24, 2.45) is 0 Å². The van der Waals surface area contributed by atoms with Gasteiger partial charge in [-0.25, -0.2) is 0 Å². The second kappa shape index (κ2) is 7.21. The molecule has 0 unspecified atom stereocenters. The molecule has 0 saturated carbocycles. The van der Waals surface area contributed by atoms with E-state index in [1.807, 2.05) is 0 Å². The van der Waals surface area contributed by atoms with E-state index < -0.39 is 21.2 Å². The topological polar surface area (TPSA) is 110 Å². The van der Waals surface area contributed by atoms with Crippen LogP contribution in [0.25, 0.3) is 0 Å². The lowest BCUT2D eigenvalue weighted by atomic mass is 10.3. The second-order valence-electron chi connectivity index (χ2n) is 2.69. The fraction of sp³-hybridized carbons (Fsp3) is 0.500. The molecule has 0 aliphatic carbocycles. The number of nitrogens with zero attached hydrogens (tertiary/aromatic N) is 2. The minimum absolute atomic E-state index is 0.448. The molecule has 0 saturated heterocycles. The van der Waals surface area contributed by atoms with E-state index in [9.17, 15) is 20.2 Å². The van der Waals surface area contributed by atoms with Crippen molar-refractivity contribution < 1.29 is 9.85 Å². The average Bonchev–Trinajstić information content (AvgIpc) is 2.21. The Labute approximate surface area is 92.3 Å². The molecule has 8 nitrogen and oxygen atoms in total. The van der Waals surface area contributed by atoms with Crippen molar-refractivity contribution in [3.63, 3.8) is 0 Å². The fourth-order valence-electron chi connectivity index (χ4n) is 0.838. The van der Waals surface area contributed by atoms with E-state index in [1.165, 1.54) is 0 Å². The summed E-state index contributed by atoms with van der Waals surface area (Å²) in [6.07, 6.45) is 2.04. The van der Waals surface area contributed by atoms with E-state index in [-0.39, 0.29) is 0 Å². The van der Waals surface area contributed by atoms with Crippen LogP contribution in [0.4, 0.5) is 0 Å². The molecule has 0 aliphatic rings. The minimum atomic E-state index is -0.797. The molecule has 0 spiro atoms. The van der Waals surface area contributed by atoms with Crippen LogP contribution >= 0.6 is 0 Å². The number of hydrogen-bond donors (Lipinski definition) is 2. The summed E-state index contributed by atoms with van der Waals surface area (Å²) in [7, 11) is 0. The molecule has 90 valence electrons. The molecule has 0 heterocycles. The molecule has 0 aromatic rings. The van der Waals surface area contributed by atoms with E-state index in [0.29, 0.717) is 13.1 Å². The predicted octanol–water partition coefficient (Wildman–Crippen LogP) is 0.442. The molecule has 2 N–H and O–H groups in total. The van der Waals surface area contributed by atoms with Crippen molar-refractivity contribution in [1.29, 1.82) is 0 Å². The molecule has 0 aromatic carbocycles. The van der Waals surface area contributed by atoms with Crippen molar-refractivity contribution in [3.05, 3.63) is 44.0 Å². The third-order valence-corrected chi connectivity index (χ3v) is 1.54. The third kappa shape index (κ3) is 4.40. The summed E-state index contributed by atoms with van der Waals surface area (Å²) in [6, 6.07) is 0. The summed E-state index contributed by atoms with van der Waals surface area (Å²) in [5.74, 6) is 0. The summed E-state index contributed by atoms with van der Waals surface area (Å²) in [4.78, 5) is 19.7. The van der Waals surface area contributed by atoms with Crippen molar-refractivity contribution in [3.8, 4) is 0 Å². The highest BCUT2D eigenvalue weighted by molar-refractivity contribution is 5.17. The Balaban J connectivity index is 5.11. The smallest absolute Gasteiger partial charge is 0.363 e. The first kappa shape index (κ1) is 13.9. The standard InChI is InChI=1S/C8H14N4O4/c1-3-9-5-7(11(13)14)8(12(15)16)6-10-4-2/h5-6,9-10H,3-4H2,1-2H3/b7-5-,8-6-. The largest absolute Gasteiger partial charge is 0.385 e. The van der Waals surface area contributed by atoms with Gasteiger partial charge < -0.3 is 10.6 Å². The van der Waals surface area contributed by atoms with Crippen LogP contribution in [0.15, 0.2) is 23.8 Å². The highest BCUT2D eigenvalue weighted by Gasteiger charge is 2.28. The maximum absolute atomic E-state index is 10.6. The van der Waals surface area contributed by atoms with Crippen LogP contribution in [0.3, 0.4) is 0 Å². The first-order valence-electron chi connectivity index (χ1n) is 4.70. The van der Waals surface area contributed by atoms with E-state index in [2.05, 4.69) is 10.6 Å². The molecule has 0 rings (SSSR count). The van der Waals surface area contributed by atoms with E-state index in [0.717, 1.165) is 12.4 Å². The molecule has 0 aliphatic heterocycles. The third-order valence-electron chi connectivity index (χ3n) is 1.54. The lowest BCUT2D eigenvalue weighted by Gasteiger charge is -1.98. The zero-order valence-corrected chi connectivity index (χ0v) is 9.10. The van der Waals surface area contributed by atoms with E-state index in [4.69, 9.17) is 0 Å². The lowest BCUT2D eigenvalue weighted by molar-refractivity contribution is -0.480. The normalized spacial score (nSPS) is 12.1. The van der Waals surface area contributed by atoms with Gasteiger partial charge in [0.25, 0.3) is 0 Å². The van der Waals surface area contributed by atoms with Gasteiger partial charge in [-0.05, 0) is 13.8 Å². The van der Waals surface area contributed by atoms with Gasteiger partial charge in [0, 0.05) is 13.1 Å². The molecule has 0 bridgehead atoms. The van der Waals surface area contributed by atoms with Gasteiger partial charge in [-0.3, -0.25) is 20.2 Å². The van der Waals surface area contributed by atoms with Gasteiger partial charge in [-0.2, -0.15) is 0 Å². The Morgan fingerprint density at radius 2 is 1.31 bits per heavy atom. The van der Waals surface area contributed by atoms with Gasteiger partial charge >= 0.3 is 11.4 Å². The summed E-state index contributed by atoms with van der Waals surface area (Å²) < 4.78 is 0. The van der Waals surface area contributed by atoms with Crippen molar-refractivity contribution in [2.75, 3.05) is 13.1 Å². The molecule has 8 heteroatoms. The lowest BCUT2D eigenvalue weighted by Crippen LogP contribution is -2.17. The van der Waals surface area contributed by atoms with Gasteiger partial charge in [0.15, 0.2) is 0 Å². The Kier molecular flexibility index (Phi) is 6.25. The van der Waals surface area contributed by atoms with Crippen molar-refractivity contribution in [1.82, 2.24) is 10.6 Å². The summed E-state index contributed by atoms with van der Waals surface area (Å²) in [5, 5.41) is 26.4. The summed E-state index contributed by atoms with van der Waals surface area (Å²) >= 11 is 0. The van der Waals surface area contributed by atoms with Crippen LogP contribution in [-0.2, 0) is 0 Å². The molecular formula is C8H14N4O4. The molecule has 16 heavy (non-hydrogen) atoms. The Hall–Kier alpha value is -2.12. The van der Waals surface area contributed by atoms with E-state index in [1.54, 1.807) is 13.8 Å². The maximum atomic E-state index is 10.6. The summed E-state index contributed by atoms with van der Waals surface area (Å²) in [5.41, 5.74) is -1.15. The average molecular weight is 230 g/mol. The number of nitrogens with one attached hydrogen (secondary N) is 2. The number of hydrogen-bond acceptors (Lipinski definition) is 6. The van der Waals surface area contributed by atoms with Crippen molar-refractivity contribution in [2.45, 2.75) is 13.8 Å². The predicted molar refractivity (Wildman–Crippen MR) is 57.5 cm³/mol. The molecule has 0 radical (unpaired) electrons. The Bertz CT molecular complexity index is 292. The summed E-state index contributed by atoms with van der Waals surface area (Å²) in [6.45, 7) is 4.36. The molecule has 0 aromatic heterocycles. The zero-order valence-electron chi connectivity index (χ0n) is 9.10. The number of nitro groups is 2. The van der Waals surface area contributed by atoms with Crippen LogP contribution in [0.2, 0.25) is 0 Å². The monoisotopic (exact) mass is 230 g/mol. The van der Waals surface area contributed by atoms with Crippen LogP contribution in [0.5, 0.6) is 0 Å². The zero-order chi connectivity index (χ0) is 12.6. The Morgan fingerprint density at radius 3 is 1.50 bits per heavy atom. The van der Waals surface area contributed by atoms with Crippen LogP contribution in [-0.4, -0.2) is 22.9 Å². The number of rotatable bonds is 7.